The lowest BCUT2D eigenvalue weighted by Crippen LogP contribution is -2.12. The van der Waals surface area contributed by atoms with Crippen molar-refractivity contribution in [3.05, 3.63) is 16.0 Å². The number of nitrogens with two attached hydrogens (primary N) is 1. The predicted molar refractivity (Wildman–Crippen MR) is 81.8 cm³/mol. The van der Waals surface area contributed by atoms with E-state index in [1.165, 1.54) is 4.88 Å². The maximum atomic E-state index is 11.9. The highest BCUT2D eigenvalue weighted by Crippen LogP contribution is 2.39. The molecule has 0 aliphatic heterocycles. The molecule has 0 aromatic carbocycles. The number of carbonyl (C=O) groups excluding carboxylic acids is 1. The summed E-state index contributed by atoms with van der Waals surface area (Å²) in [5.41, 5.74) is 7.26. The maximum Gasteiger partial charge on any atom is 0.225 e. The Kier molecular flexibility index (Phi) is 5.16. The van der Waals surface area contributed by atoms with Crippen molar-refractivity contribution in [3.8, 4) is 6.07 Å². The van der Waals surface area contributed by atoms with Crippen LogP contribution in [0.5, 0.6) is 0 Å². The SMILES string of the molecule is CC1CCc2c(sc(NC(=O)CCCCN)c2C#N)C1. The summed E-state index contributed by atoms with van der Waals surface area (Å²) in [6, 6.07) is 2.27. The van der Waals surface area contributed by atoms with Crippen molar-refractivity contribution >= 4 is 22.2 Å². The zero-order valence-corrected chi connectivity index (χ0v) is 12.7. The molecule has 1 aromatic heterocycles. The van der Waals surface area contributed by atoms with E-state index < -0.39 is 0 Å². The van der Waals surface area contributed by atoms with E-state index >= 15 is 0 Å². The Balaban J connectivity index is 2.09. The van der Waals surface area contributed by atoms with Gasteiger partial charge in [-0.1, -0.05) is 6.92 Å². The number of nitrogens with one attached hydrogen (secondary N) is 1. The summed E-state index contributed by atoms with van der Waals surface area (Å²) in [4.78, 5) is 13.2. The van der Waals surface area contributed by atoms with Gasteiger partial charge in [-0.05, 0) is 50.1 Å². The van der Waals surface area contributed by atoms with Gasteiger partial charge in [-0.25, -0.2) is 0 Å². The molecule has 108 valence electrons. The Morgan fingerprint density at radius 3 is 3.05 bits per heavy atom. The fraction of sp³-hybridized carbons (Fsp3) is 0.600. The van der Waals surface area contributed by atoms with Crippen molar-refractivity contribution < 1.29 is 4.79 Å². The second-order valence-electron chi connectivity index (χ2n) is 5.46. The van der Waals surface area contributed by atoms with Crippen LogP contribution in [0.3, 0.4) is 0 Å². The topological polar surface area (TPSA) is 78.9 Å². The Morgan fingerprint density at radius 2 is 2.35 bits per heavy atom. The zero-order valence-electron chi connectivity index (χ0n) is 11.9. The monoisotopic (exact) mass is 291 g/mol. The minimum absolute atomic E-state index is 0.0124. The lowest BCUT2D eigenvalue weighted by Gasteiger charge is -2.17. The molecule has 1 aliphatic rings. The Hall–Kier alpha value is -1.38. The third-order valence-corrected chi connectivity index (χ3v) is 4.90. The van der Waals surface area contributed by atoms with Crippen molar-refractivity contribution in [1.82, 2.24) is 0 Å². The number of hydrogen-bond acceptors (Lipinski definition) is 4. The van der Waals surface area contributed by atoms with Gasteiger partial charge in [-0.15, -0.1) is 11.3 Å². The van der Waals surface area contributed by atoms with Gasteiger partial charge in [0.25, 0.3) is 0 Å². The van der Waals surface area contributed by atoms with E-state index in [1.54, 1.807) is 11.3 Å². The molecule has 0 spiro atoms. The molecular formula is C15H21N3OS. The number of anilines is 1. The maximum absolute atomic E-state index is 11.9. The lowest BCUT2D eigenvalue weighted by molar-refractivity contribution is -0.116. The molecule has 1 heterocycles. The van der Waals surface area contributed by atoms with Crippen molar-refractivity contribution in [3.63, 3.8) is 0 Å². The molecule has 1 aliphatic carbocycles. The second-order valence-corrected chi connectivity index (χ2v) is 6.57. The van der Waals surface area contributed by atoms with Crippen LogP contribution >= 0.6 is 11.3 Å². The van der Waals surface area contributed by atoms with Crippen LogP contribution in [0.2, 0.25) is 0 Å². The van der Waals surface area contributed by atoms with E-state index in [2.05, 4.69) is 18.3 Å². The molecule has 1 aromatic rings. The first-order valence-corrected chi connectivity index (χ1v) is 8.02. The molecule has 1 amide bonds. The van der Waals surface area contributed by atoms with Gasteiger partial charge in [0.15, 0.2) is 0 Å². The molecule has 20 heavy (non-hydrogen) atoms. The molecule has 4 nitrogen and oxygen atoms in total. The van der Waals surface area contributed by atoms with E-state index in [0.29, 0.717) is 24.4 Å². The summed E-state index contributed by atoms with van der Waals surface area (Å²) < 4.78 is 0. The fourth-order valence-electron chi connectivity index (χ4n) is 2.58. The normalized spacial score (nSPS) is 17.4. The van der Waals surface area contributed by atoms with Crippen molar-refractivity contribution in [1.29, 1.82) is 5.26 Å². The lowest BCUT2D eigenvalue weighted by atomic mass is 9.88. The number of amides is 1. The molecule has 0 radical (unpaired) electrons. The first-order chi connectivity index (χ1) is 9.65. The molecule has 0 fully saturated rings. The minimum atomic E-state index is -0.0124. The first-order valence-electron chi connectivity index (χ1n) is 7.20. The zero-order chi connectivity index (χ0) is 14.5. The van der Waals surface area contributed by atoms with Crippen LogP contribution in [0.15, 0.2) is 0 Å². The van der Waals surface area contributed by atoms with Gasteiger partial charge < -0.3 is 11.1 Å². The van der Waals surface area contributed by atoms with Crippen LogP contribution in [0.4, 0.5) is 5.00 Å². The van der Waals surface area contributed by atoms with Gasteiger partial charge in [0.1, 0.15) is 11.1 Å². The van der Waals surface area contributed by atoms with E-state index in [4.69, 9.17) is 5.73 Å². The van der Waals surface area contributed by atoms with Crippen LogP contribution in [-0.4, -0.2) is 12.5 Å². The number of carbonyl (C=O) groups is 1. The molecular weight excluding hydrogens is 270 g/mol. The summed E-state index contributed by atoms with van der Waals surface area (Å²) in [6.45, 7) is 2.85. The number of hydrogen-bond donors (Lipinski definition) is 2. The Bertz CT molecular complexity index is 530. The minimum Gasteiger partial charge on any atom is -0.330 e. The van der Waals surface area contributed by atoms with Gasteiger partial charge in [-0.2, -0.15) is 5.26 Å². The predicted octanol–water partition coefficient (Wildman–Crippen LogP) is 2.81. The molecule has 1 atom stereocenters. The highest BCUT2D eigenvalue weighted by Gasteiger charge is 2.24. The number of unbranched alkanes of at least 4 members (excludes halogenated alkanes) is 1. The highest BCUT2D eigenvalue weighted by atomic mass is 32.1. The van der Waals surface area contributed by atoms with E-state index in [9.17, 15) is 10.1 Å². The summed E-state index contributed by atoms with van der Waals surface area (Å²) in [5, 5.41) is 13.0. The van der Waals surface area contributed by atoms with E-state index in [0.717, 1.165) is 42.7 Å². The quantitative estimate of drug-likeness (QED) is 0.819. The number of fused-ring (bicyclic) bond motifs is 1. The average molecular weight is 291 g/mol. The van der Waals surface area contributed by atoms with Crippen LogP contribution in [0, 0.1) is 17.2 Å². The van der Waals surface area contributed by atoms with Crippen molar-refractivity contribution in [2.75, 3.05) is 11.9 Å². The van der Waals surface area contributed by atoms with Gasteiger partial charge >= 0.3 is 0 Å². The average Bonchev–Trinajstić information content (AvgIpc) is 2.75. The van der Waals surface area contributed by atoms with E-state index in [-0.39, 0.29) is 5.91 Å². The molecule has 3 N–H and O–H groups in total. The van der Waals surface area contributed by atoms with E-state index in [1.807, 2.05) is 0 Å². The van der Waals surface area contributed by atoms with Gasteiger partial charge in [0.05, 0.1) is 5.56 Å². The number of nitrogens with zero attached hydrogens (tertiary/aromatic N) is 1. The molecule has 1 unspecified atom stereocenters. The van der Waals surface area contributed by atoms with Crippen molar-refractivity contribution in [2.45, 2.75) is 45.4 Å². The van der Waals surface area contributed by atoms with Crippen molar-refractivity contribution in [2.24, 2.45) is 11.7 Å². The molecule has 0 bridgehead atoms. The van der Waals surface area contributed by atoms with Gasteiger partial charge in [0.2, 0.25) is 5.91 Å². The molecule has 5 heteroatoms. The number of rotatable bonds is 5. The van der Waals surface area contributed by atoms with Crippen LogP contribution in [0.1, 0.15) is 48.6 Å². The number of nitriles is 1. The standard InChI is InChI=1S/C15H21N3OS/c1-10-5-6-11-12(9-17)15(20-13(11)8-10)18-14(19)4-2-3-7-16/h10H,2-8,16H2,1H3,(H,18,19). The highest BCUT2D eigenvalue weighted by molar-refractivity contribution is 7.16. The third-order valence-electron chi connectivity index (χ3n) is 3.73. The summed E-state index contributed by atoms with van der Waals surface area (Å²) in [7, 11) is 0. The third kappa shape index (κ3) is 3.38. The Labute approximate surface area is 124 Å². The summed E-state index contributed by atoms with van der Waals surface area (Å²) in [6.07, 6.45) is 5.24. The molecule has 0 saturated carbocycles. The number of thiophene rings is 1. The Morgan fingerprint density at radius 1 is 1.55 bits per heavy atom. The molecule has 2 rings (SSSR count). The van der Waals surface area contributed by atoms with Crippen LogP contribution in [-0.2, 0) is 17.6 Å². The second kappa shape index (κ2) is 6.87. The smallest absolute Gasteiger partial charge is 0.225 e. The fourth-order valence-corrected chi connectivity index (χ4v) is 3.95. The molecule has 0 saturated heterocycles. The largest absolute Gasteiger partial charge is 0.330 e. The first kappa shape index (κ1) is 15.0. The van der Waals surface area contributed by atoms with Gasteiger partial charge in [-0.3, -0.25) is 4.79 Å². The van der Waals surface area contributed by atoms with Gasteiger partial charge in [0, 0.05) is 11.3 Å². The van der Waals surface area contributed by atoms with Crippen LogP contribution < -0.4 is 11.1 Å². The summed E-state index contributed by atoms with van der Waals surface area (Å²) in [5.74, 6) is 0.655. The summed E-state index contributed by atoms with van der Waals surface area (Å²) >= 11 is 1.58. The van der Waals surface area contributed by atoms with Crippen LogP contribution in [0.25, 0.3) is 0 Å².